The third kappa shape index (κ3) is 3.47. The number of carbonyl (C=O) groups excluding carboxylic acids is 1. The van der Waals surface area contributed by atoms with Gasteiger partial charge < -0.3 is 15.1 Å². The average molecular weight is 343 g/mol. The Morgan fingerprint density at radius 1 is 1.28 bits per heavy atom. The Bertz CT molecular complexity index is 823. The second-order valence-corrected chi connectivity index (χ2v) is 6.48. The van der Waals surface area contributed by atoms with Crippen LogP contribution in [0.1, 0.15) is 16.1 Å². The molecule has 3 rings (SSSR count). The topological polar surface area (TPSA) is 94.0 Å². The summed E-state index contributed by atoms with van der Waals surface area (Å²) in [6, 6.07) is 8.87. The number of aliphatic hydroxyl groups is 1. The van der Waals surface area contributed by atoms with Crippen molar-refractivity contribution in [3.05, 3.63) is 41.6 Å². The summed E-state index contributed by atoms with van der Waals surface area (Å²) in [4.78, 5) is 31.4. The number of β-amino-alcohol motifs (C(OH)–C–C–N with tert-alkyl or cyclic N) is 1. The van der Waals surface area contributed by atoms with E-state index in [1.54, 1.807) is 22.9 Å². The highest BCUT2D eigenvalue weighted by molar-refractivity contribution is 6.05. The highest BCUT2D eigenvalue weighted by Crippen LogP contribution is 2.22. The molecule has 1 aromatic carbocycles. The molecule has 2 aromatic rings. The smallest absolute Gasteiger partial charge is 0.317 e. The summed E-state index contributed by atoms with van der Waals surface area (Å²) in [6.07, 6.45) is -0.780. The van der Waals surface area contributed by atoms with Gasteiger partial charge in [-0.3, -0.25) is 19.5 Å². The number of aliphatic carboxylic acids is 1. The van der Waals surface area contributed by atoms with E-state index in [4.69, 9.17) is 5.11 Å². The highest BCUT2D eigenvalue weighted by Gasteiger charge is 2.37. The summed E-state index contributed by atoms with van der Waals surface area (Å²) in [6.45, 7) is 2.15. The van der Waals surface area contributed by atoms with Gasteiger partial charge in [0, 0.05) is 24.2 Å². The van der Waals surface area contributed by atoms with E-state index in [-0.39, 0.29) is 25.5 Å². The van der Waals surface area contributed by atoms with Gasteiger partial charge in [-0.2, -0.15) is 0 Å². The first-order valence-corrected chi connectivity index (χ1v) is 8.12. The van der Waals surface area contributed by atoms with Gasteiger partial charge in [0.25, 0.3) is 5.91 Å². The van der Waals surface area contributed by atoms with E-state index in [0.29, 0.717) is 11.1 Å². The molecule has 2 N–H and O–H groups in total. The van der Waals surface area contributed by atoms with Gasteiger partial charge in [0.2, 0.25) is 0 Å². The van der Waals surface area contributed by atoms with Gasteiger partial charge in [-0.15, -0.1) is 0 Å². The number of aromatic nitrogens is 1. The van der Waals surface area contributed by atoms with Crippen molar-refractivity contribution in [2.24, 2.45) is 0 Å². The number of nitrogens with zero attached hydrogens (tertiary/aromatic N) is 3. The van der Waals surface area contributed by atoms with Crippen molar-refractivity contribution in [2.75, 3.05) is 26.7 Å². The Balaban J connectivity index is 1.85. The maximum atomic E-state index is 12.9. The maximum Gasteiger partial charge on any atom is 0.317 e. The van der Waals surface area contributed by atoms with Crippen LogP contribution < -0.4 is 0 Å². The standard InChI is InChI=1S/C18H21N3O4/c1-11-6-7-12-4-3-5-13(17(12)19-11)18(25)21-8-14(15(22)9-21)20(2)10-16(23)24/h3-7,14-15,22H,8-10H2,1-2H3,(H,23,24)/t14-,15-/m1/s1. The van der Waals surface area contributed by atoms with Gasteiger partial charge >= 0.3 is 5.97 Å². The fourth-order valence-corrected chi connectivity index (χ4v) is 3.29. The number of likely N-dealkylation sites (tertiary alicyclic amines) is 1. The van der Waals surface area contributed by atoms with E-state index in [2.05, 4.69) is 4.98 Å². The van der Waals surface area contributed by atoms with Crippen LogP contribution in [0.3, 0.4) is 0 Å². The van der Waals surface area contributed by atoms with Gasteiger partial charge in [0.05, 0.1) is 29.8 Å². The lowest BCUT2D eigenvalue weighted by Crippen LogP contribution is -2.43. The van der Waals surface area contributed by atoms with Crippen LogP contribution in [0.4, 0.5) is 0 Å². The molecule has 1 saturated heterocycles. The van der Waals surface area contributed by atoms with Gasteiger partial charge in [0.15, 0.2) is 0 Å². The fraction of sp³-hybridized carbons (Fsp3) is 0.389. The summed E-state index contributed by atoms with van der Waals surface area (Å²) < 4.78 is 0. The molecule has 1 aliphatic rings. The molecule has 25 heavy (non-hydrogen) atoms. The number of amides is 1. The Kier molecular flexibility index (Phi) is 4.69. The minimum absolute atomic E-state index is 0.176. The molecular weight excluding hydrogens is 322 g/mol. The van der Waals surface area contributed by atoms with Crippen molar-refractivity contribution in [2.45, 2.75) is 19.1 Å². The predicted octanol–water partition coefficient (Wildman–Crippen LogP) is 0.745. The van der Waals surface area contributed by atoms with Gasteiger partial charge in [0.1, 0.15) is 0 Å². The van der Waals surface area contributed by atoms with Crippen LogP contribution in [0.15, 0.2) is 30.3 Å². The minimum Gasteiger partial charge on any atom is -0.480 e. The number of rotatable bonds is 4. The molecule has 2 heterocycles. The number of fused-ring (bicyclic) bond motifs is 1. The fourth-order valence-electron chi connectivity index (χ4n) is 3.29. The van der Waals surface area contributed by atoms with Crippen LogP contribution in [0.2, 0.25) is 0 Å². The monoisotopic (exact) mass is 343 g/mol. The number of carbonyl (C=O) groups is 2. The number of carboxylic acids is 1. The molecule has 0 radical (unpaired) electrons. The van der Waals surface area contributed by atoms with Crippen molar-refractivity contribution in [3.63, 3.8) is 0 Å². The zero-order valence-electron chi connectivity index (χ0n) is 14.2. The SMILES string of the molecule is Cc1ccc2cccc(C(=O)N3C[C@@H](O)[C@H](N(C)CC(=O)O)C3)c2n1. The number of aryl methyl sites for hydroxylation is 1. The molecule has 1 aliphatic heterocycles. The van der Waals surface area contributed by atoms with E-state index in [0.717, 1.165) is 11.1 Å². The molecule has 0 saturated carbocycles. The van der Waals surface area contributed by atoms with Crippen molar-refractivity contribution in [3.8, 4) is 0 Å². The zero-order chi connectivity index (χ0) is 18.1. The first kappa shape index (κ1) is 17.3. The molecular formula is C18H21N3O4. The van der Waals surface area contributed by atoms with E-state index < -0.39 is 18.1 Å². The number of hydrogen-bond donors (Lipinski definition) is 2. The molecule has 1 fully saturated rings. The molecule has 7 nitrogen and oxygen atoms in total. The van der Waals surface area contributed by atoms with Crippen LogP contribution in [0.25, 0.3) is 10.9 Å². The Hall–Kier alpha value is -2.51. The Morgan fingerprint density at radius 3 is 2.76 bits per heavy atom. The molecule has 0 aliphatic carbocycles. The lowest BCUT2D eigenvalue weighted by Gasteiger charge is -2.24. The number of hydrogen-bond acceptors (Lipinski definition) is 5. The van der Waals surface area contributed by atoms with Gasteiger partial charge in [-0.1, -0.05) is 18.2 Å². The average Bonchev–Trinajstić information content (AvgIpc) is 2.95. The van der Waals surface area contributed by atoms with Crippen molar-refractivity contribution in [1.82, 2.24) is 14.8 Å². The lowest BCUT2D eigenvalue weighted by molar-refractivity contribution is -0.138. The van der Waals surface area contributed by atoms with Gasteiger partial charge in [-0.25, -0.2) is 0 Å². The third-order valence-electron chi connectivity index (χ3n) is 4.59. The summed E-state index contributed by atoms with van der Waals surface area (Å²) in [7, 11) is 1.64. The number of benzene rings is 1. The molecule has 132 valence electrons. The number of para-hydroxylation sites is 1. The van der Waals surface area contributed by atoms with Crippen LogP contribution in [0.5, 0.6) is 0 Å². The number of carboxylic acid groups (broad SMARTS) is 1. The third-order valence-corrected chi connectivity index (χ3v) is 4.59. The number of pyridine rings is 1. The Labute approximate surface area is 145 Å². The van der Waals surface area contributed by atoms with Crippen LogP contribution in [0, 0.1) is 6.92 Å². The second-order valence-electron chi connectivity index (χ2n) is 6.48. The first-order chi connectivity index (χ1) is 11.9. The predicted molar refractivity (Wildman–Crippen MR) is 92.4 cm³/mol. The van der Waals surface area contributed by atoms with Crippen molar-refractivity contribution < 1.29 is 19.8 Å². The second kappa shape index (κ2) is 6.78. The largest absolute Gasteiger partial charge is 0.480 e. The summed E-state index contributed by atoms with van der Waals surface area (Å²) in [5.74, 6) is -1.16. The molecule has 2 atom stereocenters. The molecule has 7 heteroatoms. The normalized spacial score (nSPS) is 20.4. The molecule has 1 aromatic heterocycles. The lowest BCUT2D eigenvalue weighted by atomic mass is 10.1. The summed E-state index contributed by atoms with van der Waals surface area (Å²) in [5.41, 5.74) is 1.97. The summed E-state index contributed by atoms with van der Waals surface area (Å²) >= 11 is 0. The van der Waals surface area contributed by atoms with Crippen LogP contribution in [-0.4, -0.2) is 75.7 Å². The molecule has 1 amide bonds. The summed E-state index contributed by atoms with van der Waals surface area (Å²) in [5, 5.41) is 20.1. The zero-order valence-corrected chi connectivity index (χ0v) is 14.2. The number of aliphatic hydroxyl groups excluding tert-OH is 1. The van der Waals surface area contributed by atoms with E-state index >= 15 is 0 Å². The Morgan fingerprint density at radius 2 is 2.04 bits per heavy atom. The first-order valence-electron chi connectivity index (χ1n) is 8.12. The minimum atomic E-state index is -0.965. The van der Waals surface area contributed by atoms with Crippen LogP contribution >= 0.6 is 0 Å². The molecule has 0 bridgehead atoms. The molecule has 0 unspecified atom stereocenters. The number of likely N-dealkylation sites (N-methyl/N-ethyl adjacent to an activating group) is 1. The van der Waals surface area contributed by atoms with E-state index in [1.165, 1.54) is 0 Å². The maximum absolute atomic E-state index is 12.9. The van der Waals surface area contributed by atoms with Crippen LogP contribution in [-0.2, 0) is 4.79 Å². The van der Waals surface area contributed by atoms with Gasteiger partial charge in [-0.05, 0) is 26.1 Å². The highest BCUT2D eigenvalue weighted by atomic mass is 16.4. The molecule has 0 spiro atoms. The van der Waals surface area contributed by atoms with Crippen molar-refractivity contribution in [1.29, 1.82) is 0 Å². The quantitative estimate of drug-likeness (QED) is 0.851. The van der Waals surface area contributed by atoms with E-state index in [1.807, 2.05) is 31.2 Å². The van der Waals surface area contributed by atoms with E-state index in [9.17, 15) is 14.7 Å². The van der Waals surface area contributed by atoms with Crippen molar-refractivity contribution >= 4 is 22.8 Å².